The molecule has 1 unspecified atom stereocenters. The zero-order chi connectivity index (χ0) is 15.7. The van der Waals surface area contributed by atoms with Crippen LogP contribution >= 0.6 is 0 Å². The summed E-state index contributed by atoms with van der Waals surface area (Å²) in [7, 11) is 0. The van der Waals surface area contributed by atoms with Crippen LogP contribution in [-0.2, 0) is 6.61 Å². The first-order chi connectivity index (χ1) is 10.5. The zero-order valence-electron chi connectivity index (χ0n) is 12.3. The minimum absolute atomic E-state index is 0.101. The van der Waals surface area contributed by atoms with Gasteiger partial charge in [-0.3, -0.25) is 4.79 Å². The third-order valence-corrected chi connectivity index (χ3v) is 3.50. The van der Waals surface area contributed by atoms with E-state index in [1.807, 2.05) is 19.1 Å². The number of anilines is 2. The smallest absolute Gasteiger partial charge is 0.170 e. The quantitative estimate of drug-likeness (QED) is 0.851. The van der Waals surface area contributed by atoms with Gasteiger partial charge in [-0.25, -0.2) is 0 Å². The van der Waals surface area contributed by atoms with Gasteiger partial charge in [-0.05, 0) is 42.8 Å². The fraction of sp³-hybridized carbons (Fsp3) is 0.235. The molecule has 5 nitrogen and oxygen atoms in total. The van der Waals surface area contributed by atoms with Gasteiger partial charge in [0, 0.05) is 23.9 Å². The molecule has 0 saturated carbocycles. The highest BCUT2D eigenvalue weighted by Crippen LogP contribution is 2.31. The number of nitrogen functional groups attached to an aromatic ring is 2. The van der Waals surface area contributed by atoms with E-state index in [2.05, 4.69) is 0 Å². The van der Waals surface area contributed by atoms with Crippen LogP contribution in [0, 0.1) is 0 Å². The fourth-order valence-corrected chi connectivity index (χ4v) is 2.55. The fourth-order valence-electron chi connectivity index (χ4n) is 2.55. The molecule has 0 fully saturated rings. The van der Waals surface area contributed by atoms with Crippen LogP contribution in [0.3, 0.4) is 0 Å². The van der Waals surface area contributed by atoms with Crippen molar-refractivity contribution in [2.75, 3.05) is 11.5 Å². The number of hydrogen-bond donors (Lipinski definition) is 2. The topological polar surface area (TPSA) is 87.6 Å². The number of carbonyl (C=O) groups excluding carboxylic acids is 1. The zero-order valence-corrected chi connectivity index (χ0v) is 12.3. The van der Waals surface area contributed by atoms with Crippen LogP contribution in [0.2, 0.25) is 0 Å². The predicted molar refractivity (Wildman–Crippen MR) is 85.1 cm³/mol. The highest BCUT2D eigenvalue weighted by atomic mass is 16.5. The van der Waals surface area contributed by atoms with Crippen LogP contribution in [0.25, 0.3) is 0 Å². The number of carbonyl (C=O) groups is 1. The molecule has 22 heavy (non-hydrogen) atoms. The van der Waals surface area contributed by atoms with Crippen LogP contribution < -0.4 is 20.9 Å². The van der Waals surface area contributed by atoms with E-state index < -0.39 is 0 Å². The first kappa shape index (κ1) is 14.3. The summed E-state index contributed by atoms with van der Waals surface area (Å²) in [4.78, 5) is 11.9. The lowest BCUT2D eigenvalue weighted by atomic mass is 10.0. The molecule has 2 aromatic carbocycles. The van der Waals surface area contributed by atoms with Gasteiger partial charge in [-0.1, -0.05) is 0 Å². The Hall–Kier alpha value is -2.69. The van der Waals surface area contributed by atoms with Crippen LogP contribution in [0.15, 0.2) is 36.4 Å². The molecule has 0 bridgehead atoms. The van der Waals surface area contributed by atoms with Crippen molar-refractivity contribution in [3.05, 3.63) is 47.5 Å². The number of benzene rings is 2. The Labute approximate surface area is 128 Å². The van der Waals surface area contributed by atoms with Crippen LogP contribution in [0.4, 0.5) is 11.4 Å². The summed E-state index contributed by atoms with van der Waals surface area (Å²) in [5.41, 5.74) is 14.2. The van der Waals surface area contributed by atoms with Crippen molar-refractivity contribution in [2.24, 2.45) is 0 Å². The van der Waals surface area contributed by atoms with Crippen LogP contribution in [-0.4, -0.2) is 11.9 Å². The number of nitrogens with two attached hydrogens (primary N) is 2. The highest BCUT2D eigenvalue weighted by Gasteiger charge is 2.23. The largest absolute Gasteiger partial charge is 0.489 e. The Morgan fingerprint density at radius 2 is 1.91 bits per heavy atom. The monoisotopic (exact) mass is 298 g/mol. The van der Waals surface area contributed by atoms with E-state index in [4.69, 9.17) is 20.9 Å². The molecule has 1 aliphatic rings. The molecule has 0 amide bonds. The molecule has 0 aromatic heterocycles. The molecule has 0 aliphatic carbocycles. The van der Waals surface area contributed by atoms with Crippen molar-refractivity contribution in [1.29, 1.82) is 0 Å². The standard InChI is InChI=1S/C17H18N2O3/c1-10-4-16(20)15-3-2-14(8-17(15)22-10)21-9-11-5-12(18)7-13(19)6-11/h2-3,5-8,10H,4,9,18-19H2,1H3. The lowest BCUT2D eigenvalue weighted by Crippen LogP contribution is -2.23. The van der Waals surface area contributed by atoms with E-state index in [1.165, 1.54) is 0 Å². The molecular weight excluding hydrogens is 280 g/mol. The summed E-state index contributed by atoms with van der Waals surface area (Å²) in [5.74, 6) is 1.32. The molecule has 114 valence electrons. The van der Waals surface area contributed by atoms with Crippen molar-refractivity contribution >= 4 is 17.2 Å². The molecule has 0 saturated heterocycles. The summed E-state index contributed by atoms with van der Waals surface area (Å²) < 4.78 is 11.4. The number of hydrogen-bond acceptors (Lipinski definition) is 5. The summed E-state index contributed by atoms with van der Waals surface area (Å²) in [6.07, 6.45) is 0.305. The second kappa shape index (κ2) is 5.60. The second-order valence-electron chi connectivity index (χ2n) is 5.51. The SMILES string of the molecule is CC1CC(=O)c2ccc(OCc3cc(N)cc(N)c3)cc2O1. The maximum absolute atomic E-state index is 11.9. The van der Waals surface area contributed by atoms with E-state index in [0.29, 0.717) is 41.5 Å². The average Bonchev–Trinajstić information content (AvgIpc) is 2.43. The average molecular weight is 298 g/mol. The second-order valence-corrected chi connectivity index (χ2v) is 5.51. The third kappa shape index (κ3) is 2.98. The molecule has 0 radical (unpaired) electrons. The minimum Gasteiger partial charge on any atom is -0.489 e. The summed E-state index contributed by atoms with van der Waals surface area (Å²) in [6, 6.07) is 10.6. The van der Waals surface area contributed by atoms with Gasteiger partial charge in [0.25, 0.3) is 0 Å². The minimum atomic E-state index is -0.107. The van der Waals surface area contributed by atoms with E-state index in [-0.39, 0.29) is 11.9 Å². The van der Waals surface area contributed by atoms with Crippen LogP contribution in [0.5, 0.6) is 11.5 Å². The summed E-state index contributed by atoms with van der Waals surface area (Å²) in [5, 5.41) is 0. The van der Waals surface area contributed by atoms with Gasteiger partial charge in [-0.15, -0.1) is 0 Å². The highest BCUT2D eigenvalue weighted by molar-refractivity contribution is 6.00. The number of fused-ring (bicyclic) bond motifs is 1. The molecule has 2 aromatic rings. The first-order valence-corrected chi connectivity index (χ1v) is 7.13. The summed E-state index contributed by atoms with van der Waals surface area (Å²) in [6.45, 7) is 2.22. The number of ether oxygens (including phenoxy) is 2. The maximum Gasteiger partial charge on any atom is 0.170 e. The van der Waals surface area contributed by atoms with E-state index in [0.717, 1.165) is 5.56 Å². The number of rotatable bonds is 3. The van der Waals surface area contributed by atoms with Gasteiger partial charge < -0.3 is 20.9 Å². The Morgan fingerprint density at radius 3 is 2.64 bits per heavy atom. The molecule has 3 rings (SSSR count). The van der Waals surface area contributed by atoms with Crippen molar-refractivity contribution in [3.63, 3.8) is 0 Å². The summed E-state index contributed by atoms with van der Waals surface area (Å²) >= 11 is 0. The van der Waals surface area contributed by atoms with E-state index in [9.17, 15) is 4.79 Å². The van der Waals surface area contributed by atoms with Crippen molar-refractivity contribution in [1.82, 2.24) is 0 Å². The van der Waals surface area contributed by atoms with Gasteiger partial charge in [0.1, 0.15) is 24.2 Å². The Bertz CT molecular complexity index is 708. The lowest BCUT2D eigenvalue weighted by molar-refractivity contribution is 0.0870. The van der Waals surface area contributed by atoms with Gasteiger partial charge in [0.2, 0.25) is 0 Å². The molecule has 1 aliphatic heterocycles. The van der Waals surface area contributed by atoms with Gasteiger partial charge in [-0.2, -0.15) is 0 Å². The van der Waals surface area contributed by atoms with Crippen molar-refractivity contribution < 1.29 is 14.3 Å². The van der Waals surface area contributed by atoms with Crippen molar-refractivity contribution in [3.8, 4) is 11.5 Å². The van der Waals surface area contributed by atoms with Gasteiger partial charge in [0.05, 0.1) is 5.56 Å². The Morgan fingerprint density at radius 1 is 1.18 bits per heavy atom. The normalized spacial score (nSPS) is 16.8. The van der Waals surface area contributed by atoms with Crippen LogP contribution in [0.1, 0.15) is 29.3 Å². The lowest BCUT2D eigenvalue weighted by Gasteiger charge is -2.22. The third-order valence-electron chi connectivity index (χ3n) is 3.50. The molecule has 4 N–H and O–H groups in total. The first-order valence-electron chi connectivity index (χ1n) is 7.13. The predicted octanol–water partition coefficient (Wildman–Crippen LogP) is 2.78. The van der Waals surface area contributed by atoms with Crippen molar-refractivity contribution in [2.45, 2.75) is 26.1 Å². The number of Topliss-reactive ketones (excluding diaryl/α,β-unsaturated/α-hetero) is 1. The van der Waals surface area contributed by atoms with Gasteiger partial charge >= 0.3 is 0 Å². The molecule has 0 spiro atoms. The molecule has 5 heteroatoms. The number of ketones is 1. The Kier molecular flexibility index (Phi) is 3.63. The van der Waals surface area contributed by atoms with E-state index >= 15 is 0 Å². The Balaban J connectivity index is 1.76. The molecule has 1 heterocycles. The molecule has 1 atom stereocenters. The molecular formula is C17H18N2O3. The van der Waals surface area contributed by atoms with E-state index in [1.54, 1.807) is 24.3 Å². The van der Waals surface area contributed by atoms with Gasteiger partial charge in [0.15, 0.2) is 5.78 Å². The maximum atomic E-state index is 11.9.